The molecule has 0 saturated carbocycles. The Bertz CT molecular complexity index is 1310. The molecule has 0 spiro atoms. The molecule has 7 heteroatoms. The standard InChI is InChI=1S/C27H22FN3O2S/c1-17-7-11-21(12-8-17)30-25(32)23(16-29)27-31(22-13-9-20(28)10-14-22)26(33)24(34-27)15-19-6-4-3-5-18(19)2/h3-14,24H,15H2,1-2H3,(H,30,32)/b27-23-. The minimum absolute atomic E-state index is 0.171. The number of nitrogens with zero attached hydrogens (tertiary/aromatic N) is 2. The SMILES string of the molecule is Cc1ccc(NC(=O)/C(C#N)=C2\SC(Cc3ccccc3C)C(=O)N2c2ccc(F)cc2)cc1. The molecular formula is C27H22FN3O2S. The van der Waals surface area contributed by atoms with E-state index in [1.165, 1.54) is 40.9 Å². The molecule has 0 aliphatic carbocycles. The zero-order chi connectivity index (χ0) is 24.2. The average Bonchev–Trinajstić information content (AvgIpc) is 3.13. The van der Waals surface area contributed by atoms with Gasteiger partial charge in [-0.1, -0.05) is 53.7 Å². The second-order valence-corrected chi connectivity index (χ2v) is 9.19. The van der Waals surface area contributed by atoms with Crippen LogP contribution in [0.15, 0.2) is 83.4 Å². The van der Waals surface area contributed by atoms with E-state index in [1.807, 2.05) is 56.3 Å². The summed E-state index contributed by atoms with van der Waals surface area (Å²) in [6, 6.07) is 22.4. The van der Waals surface area contributed by atoms with Crippen molar-refractivity contribution in [3.8, 4) is 6.07 Å². The molecule has 1 fully saturated rings. The van der Waals surface area contributed by atoms with Gasteiger partial charge in [-0.3, -0.25) is 14.5 Å². The Labute approximate surface area is 201 Å². The van der Waals surface area contributed by atoms with Crippen molar-refractivity contribution in [1.29, 1.82) is 5.26 Å². The minimum Gasteiger partial charge on any atom is -0.321 e. The number of benzene rings is 3. The first kappa shape index (κ1) is 23.3. The zero-order valence-corrected chi connectivity index (χ0v) is 19.5. The molecule has 34 heavy (non-hydrogen) atoms. The first-order valence-electron chi connectivity index (χ1n) is 10.7. The molecule has 170 valence electrons. The van der Waals surface area contributed by atoms with Gasteiger partial charge in [-0.15, -0.1) is 0 Å². The van der Waals surface area contributed by atoms with E-state index in [0.29, 0.717) is 17.8 Å². The molecule has 1 aliphatic heterocycles. The first-order chi connectivity index (χ1) is 16.4. The number of amides is 2. The molecule has 1 aliphatic rings. The number of thioether (sulfide) groups is 1. The van der Waals surface area contributed by atoms with Crippen molar-refractivity contribution in [2.24, 2.45) is 0 Å². The number of rotatable bonds is 5. The summed E-state index contributed by atoms with van der Waals surface area (Å²) in [5, 5.41) is 12.4. The van der Waals surface area contributed by atoms with E-state index >= 15 is 0 Å². The van der Waals surface area contributed by atoms with Crippen LogP contribution in [-0.2, 0) is 16.0 Å². The number of hydrogen-bond donors (Lipinski definition) is 1. The topological polar surface area (TPSA) is 73.2 Å². The quantitative estimate of drug-likeness (QED) is 0.394. The third-order valence-corrected chi connectivity index (χ3v) is 6.83. The van der Waals surface area contributed by atoms with Crippen LogP contribution in [0.5, 0.6) is 0 Å². The van der Waals surface area contributed by atoms with Gasteiger partial charge in [0.2, 0.25) is 5.91 Å². The third kappa shape index (κ3) is 4.87. The minimum atomic E-state index is -0.606. The maximum atomic E-state index is 13.6. The molecule has 1 saturated heterocycles. The van der Waals surface area contributed by atoms with Crippen LogP contribution in [0.2, 0.25) is 0 Å². The highest BCUT2D eigenvalue weighted by Crippen LogP contribution is 2.42. The van der Waals surface area contributed by atoms with Crippen LogP contribution >= 0.6 is 11.8 Å². The number of anilines is 2. The van der Waals surface area contributed by atoms with E-state index in [2.05, 4.69) is 5.32 Å². The third-order valence-electron chi connectivity index (χ3n) is 5.57. The number of carbonyl (C=O) groups is 2. The molecular weight excluding hydrogens is 449 g/mol. The lowest BCUT2D eigenvalue weighted by molar-refractivity contribution is -0.117. The van der Waals surface area contributed by atoms with Crippen LogP contribution in [-0.4, -0.2) is 17.1 Å². The second kappa shape index (κ2) is 9.94. The van der Waals surface area contributed by atoms with Gasteiger partial charge in [-0.25, -0.2) is 4.39 Å². The number of carbonyl (C=O) groups excluding carboxylic acids is 2. The molecule has 3 aromatic rings. The van der Waals surface area contributed by atoms with Gasteiger partial charge in [-0.05, 0) is 67.8 Å². The zero-order valence-electron chi connectivity index (χ0n) is 18.7. The summed E-state index contributed by atoms with van der Waals surface area (Å²) >= 11 is 1.18. The lowest BCUT2D eigenvalue weighted by Gasteiger charge is -2.18. The van der Waals surface area contributed by atoms with Crippen molar-refractivity contribution in [1.82, 2.24) is 0 Å². The Kier molecular flexibility index (Phi) is 6.80. The van der Waals surface area contributed by atoms with Gasteiger partial charge >= 0.3 is 0 Å². The number of halogens is 1. The lowest BCUT2D eigenvalue weighted by Crippen LogP contribution is -2.31. The van der Waals surface area contributed by atoms with E-state index < -0.39 is 17.0 Å². The highest BCUT2D eigenvalue weighted by Gasteiger charge is 2.41. The van der Waals surface area contributed by atoms with E-state index in [4.69, 9.17) is 0 Å². The fraction of sp³-hybridized carbons (Fsp3) is 0.148. The van der Waals surface area contributed by atoms with Gasteiger partial charge in [0, 0.05) is 11.4 Å². The molecule has 2 amide bonds. The van der Waals surface area contributed by atoms with Crippen molar-refractivity contribution in [2.75, 3.05) is 10.2 Å². The molecule has 1 heterocycles. The highest BCUT2D eigenvalue weighted by atomic mass is 32.2. The molecule has 1 N–H and O–H groups in total. The van der Waals surface area contributed by atoms with Gasteiger partial charge in [0.1, 0.15) is 22.5 Å². The maximum absolute atomic E-state index is 13.6. The maximum Gasteiger partial charge on any atom is 0.269 e. The molecule has 1 atom stereocenters. The summed E-state index contributed by atoms with van der Waals surface area (Å²) < 4.78 is 13.6. The number of hydrogen-bond acceptors (Lipinski definition) is 4. The van der Waals surface area contributed by atoms with Crippen LogP contribution in [0, 0.1) is 31.0 Å². The predicted molar refractivity (Wildman–Crippen MR) is 133 cm³/mol. The van der Waals surface area contributed by atoms with Crippen molar-refractivity contribution in [3.05, 3.63) is 106 Å². The Balaban J connectivity index is 1.73. The van der Waals surface area contributed by atoms with Crippen molar-refractivity contribution >= 4 is 35.0 Å². The molecule has 5 nitrogen and oxygen atoms in total. The number of nitrogens with one attached hydrogen (secondary N) is 1. The molecule has 0 radical (unpaired) electrons. The monoisotopic (exact) mass is 471 g/mol. The van der Waals surface area contributed by atoms with Gasteiger partial charge < -0.3 is 5.32 Å². The molecule has 1 unspecified atom stereocenters. The van der Waals surface area contributed by atoms with E-state index in [0.717, 1.165) is 16.7 Å². The smallest absolute Gasteiger partial charge is 0.269 e. The van der Waals surface area contributed by atoms with Crippen LogP contribution < -0.4 is 10.2 Å². The Morgan fingerprint density at radius 3 is 2.38 bits per heavy atom. The highest BCUT2D eigenvalue weighted by molar-refractivity contribution is 8.05. The van der Waals surface area contributed by atoms with Crippen molar-refractivity contribution < 1.29 is 14.0 Å². The van der Waals surface area contributed by atoms with E-state index in [9.17, 15) is 19.2 Å². The fourth-order valence-corrected chi connectivity index (χ4v) is 4.98. The number of nitriles is 1. The van der Waals surface area contributed by atoms with Crippen molar-refractivity contribution in [2.45, 2.75) is 25.5 Å². The Morgan fingerprint density at radius 2 is 1.74 bits per heavy atom. The second-order valence-electron chi connectivity index (χ2n) is 8.00. The molecule has 0 bridgehead atoms. The lowest BCUT2D eigenvalue weighted by atomic mass is 10.0. The van der Waals surface area contributed by atoms with Gasteiger partial charge in [0.25, 0.3) is 5.91 Å². The normalized spacial score (nSPS) is 16.8. The van der Waals surface area contributed by atoms with Crippen molar-refractivity contribution in [3.63, 3.8) is 0 Å². The van der Waals surface area contributed by atoms with Crippen LogP contribution in [0.3, 0.4) is 0 Å². The Morgan fingerprint density at radius 1 is 1.06 bits per heavy atom. The predicted octanol–water partition coefficient (Wildman–Crippen LogP) is 5.51. The summed E-state index contributed by atoms with van der Waals surface area (Å²) in [4.78, 5) is 27.9. The summed E-state index contributed by atoms with van der Waals surface area (Å²) in [5.74, 6) is -1.31. The summed E-state index contributed by atoms with van der Waals surface area (Å²) in [7, 11) is 0. The van der Waals surface area contributed by atoms with Crippen LogP contribution in [0.1, 0.15) is 16.7 Å². The number of aryl methyl sites for hydroxylation is 2. The van der Waals surface area contributed by atoms with E-state index in [-0.39, 0.29) is 16.5 Å². The summed E-state index contributed by atoms with van der Waals surface area (Å²) in [6.45, 7) is 3.91. The van der Waals surface area contributed by atoms with Crippen LogP contribution in [0.25, 0.3) is 0 Å². The van der Waals surface area contributed by atoms with E-state index in [1.54, 1.807) is 12.1 Å². The molecule has 4 rings (SSSR count). The summed E-state index contributed by atoms with van der Waals surface area (Å²) in [5.41, 5.74) is 3.88. The first-order valence-corrected chi connectivity index (χ1v) is 11.6. The molecule has 0 aromatic heterocycles. The summed E-state index contributed by atoms with van der Waals surface area (Å²) in [6.07, 6.45) is 0.440. The fourth-order valence-electron chi connectivity index (χ4n) is 3.68. The largest absolute Gasteiger partial charge is 0.321 e. The Hall–Kier alpha value is -3.89. The van der Waals surface area contributed by atoms with Gasteiger partial charge in [0.15, 0.2) is 0 Å². The van der Waals surface area contributed by atoms with Gasteiger partial charge in [-0.2, -0.15) is 5.26 Å². The van der Waals surface area contributed by atoms with Gasteiger partial charge in [0.05, 0.1) is 5.25 Å². The van der Waals surface area contributed by atoms with Crippen LogP contribution in [0.4, 0.5) is 15.8 Å². The average molecular weight is 472 g/mol. The molecule has 3 aromatic carbocycles.